The number of hydrogen-bond acceptors (Lipinski definition) is 4. The normalized spacial score (nSPS) is 23.5. The number of aromatic nitrogens is 1. The summed E-state index contributed by atoms with van der Waals surface area (Å²) in [5.41, 5.74) is 2.50. The van der Waals surface area contributed by atoms with E-state index in [1.807, 2.05) is 4.90 Å². The van der Waals surface area contributed by atoms with Crippen LogP contribution in [0.5, 0.6) is 0 Å². The van der Waals surface area contributed by atoms with Gasteiger partial charge in [0.2, 0.25) is 0 Å². The van der Waals surface area contributed by atoms with Crippen LogP contribution in [0.2, 0.25) is 0 Å². The van der Waals surface area contributed by atoms with Gasteiger partial charge in [0, 0.05) is 51.4 Å². The molecule has 0 saturated carbocycles. The zero-order valence-electron chi connectivity index (χ0n) is 18.8. The lowest BCUT2D eigenvalue weighted by molar-refractivity contribution is -0.0265. The molecule has 1 aromatic heterocycles. The summed E-state index contributed by atoms with van der Waals surface area (Å²) in [5.74, 6) is 1.32. The summed E-state index contributed by atoms with van der Waals surface area (Å²) in [6.07, 6.45) is 4.85. The largest absolute Gasteiger partial charge is 0.373 e. The van der Waals surface area contributed by atoms with Crippen LogP contribution in [0, 0.1) is 18.7 Å². The molecule has 32 heavy (non-hydrogen) atoms. The molecule has 1 aromatic carbocycles. The molecule has 0 bridgehead atoms. The molecule has 8 heteroatoms. The van der Waals surface area contributed by atoms with Crippen molar-refractivity contribution < 1.29 is 9.13 Å². The van der Waals surface area contributed by atoms with Crippen LogP contribution in [0.25, 0.3) is 0 Å². The maximum Gasteiger partial charge on any atom is 0.191 e. The summed E-state index contributed by atoms with van der Waals surface area (Å²) >= 11 is 0. The highest BCUT2D eigenvalue weighted by molar-refractivity contribution is 14.0. The summed E-state index contributed by atoms with van der Waals surface area (Å²) in [4.78, 5) is 10.6. The first-order chi connectivity index (χ1) is 15.1. The lowest BCUT2D eigenvalue weighted by Crippen LogP contribution is -2.46. The molecule has 2 aromatic rings. The van der Waals surface area contributed by atoms with Gasteiger partial charge in [-0.15, -0.1) is 24.0 Å². The van der Waals surface area contributed by atoms with E-state index in [1.165, 1.54) is 17.2 Å². The monoisotopic (exact) mass is 553 g/mol. The Labute approximate surface area is 207 Å². The third-order valence-electron chi connectivity index (χ3n) is 6.17. The predicted octanol–water partition coefficient (Wildman–Crippen LogP) is 4.06. The minimum atomic E-state index is -0.273. The maximum absolute atomic E-state index is 14.1. The number of rotatable bonds is 5. The molecule has 0 amide bonds. The van der Waals surface area contributed by atoms with E-state index >= 15 is 0 Å². The average molecular weight is 553 g/mol. The molecule has 4 rings (SSSR count). The Morgan fingerprint density at radius 1 is 1.25 bits per heavy atom. The summed E-state index contributed by atoms with van der Waals surface area (Å²) in [5, 5.41) is 6.99. The second-order valence-corrected chi connectivity index (χ2v) is 8.44. The van der Waals surface area contributed by atoms with Crippen molar-refractivity contribution >= 4 is 35.8 Å². The number of halogens is 2. The number of benzene rings is 1. The topological polar surface area (TPSA) is 61.8 Å². The van der Waals surface area contributed by atoms with Crippen molar-refractivity contribution in [3.05, 3.63) is 59.5 Å². The van der Waals surface area contributed by atoms with Crippen LogP contribution in [0.15, 0.2) is 47.6 Å². The molecule has 2 aliphatic heterocycles. The summed E-state index contributed by atoms with van der Waals surface area (Å²) in [6, 6.07) is 11.9. The Morgan fingerprint density at radius 2 is 2.06 bits per heavy atom. The Morgan fingerprint density at radius 3 is 2.81 bits per heavy atom. The molecule has 3 unspecified atom stereocenters. The first-order valence-electron chi connectivity index (χ1n) is 11.1. The third-order valence-corrected chi connectivity index (χ3v) is 6.17. The quantitative estimate of drug-likeness (QED) is 0.333. The molecule has 2 N–H and O–H groups in total. The molecule has 2 aliphatic rings. The highest BCUT2D eigenvalue weighted by atomic mass is 127. The van der Waals surface area contributed by atoms with E-state index in [0.29, 0.717) is 18.3 Å². The van der Waals surface area contributed by atoms with Gasteiger partial charge < -0.3 is 20.3 Å². The lowest BCUT2D eigenvalue weighted by Gasteiger charge is -2.33. The molecule has 0 spiro atoms. The number of nitrogens with zero attached hydrogens (tertiary/aromatic N) is 3. The Hall–Kier alpha value is -1.94. The highest BCUT2D eigenvalue weighted by Gasteiger charge is 2.29. The van der Waals surface area contributed by atoms with Gasteiger partial charge in [0.15, 0.2) is 17.6 Å². The fourth-order valence-electron chi connectivity index (χ4n) is 4.47. The minimum absolute atomic E-state index is 0. The van der Waals surface area contributed by atoms with E-state index in [0.717, 1.165) is 44.9 Å². The van der Waals surface area contributed by atoms with Crippen molar-refractivity contribution in [1.29, 1.82) is 0 Å². The van der Waals surface area contributed by atoms with Gasteiger partial charge in [0.05, 0.1) is 6.10 Å². The molecule has 174 valence electrons. The average Bonchev–Trinajstić information content (AvgIpc) is 3.26. The van der Waals surface area contributed by atoms with Crippen LogP contribution >= 0.6 is 24.0 Å². The molecule has 3 heterocycles. The van der Waals surface area contributed by atoms with Crippen LogP contribution in [-0.4, -0.2) is 50.3 Å². The second-order valence-electron chi connectivity index (χ2n) is 8.44. The van der Waals surface area contributed by atoms with Crippen molar-refractivity contribution in [2.75, 3.05) is 38.2 Å². The van der Waals surface area contributed by atoms with Gasteiger partial charge >= 0.3 is 0 Å². The number of aliphatic imine (C=N–C) groups is 1. The van der Waals surface area contributed by atoms with Crippen molar-refractivity contribution in [1.82, 2.24) is 15.6 Å². The Bertz CT molecular complexity index is 894. The molecule has 2 fully saturated rings. The third kappa shape index (κ3) is 6.10. The number of aryl methyl sites for hydroxylation is 1. The standard InChI is InChI=1S/C24H32FN5O.HI/c1-17-7-9-18(10-8-17)22-19(5-4-14-31-22)15-28-24(26-2)29-20-11-13-30(16-20)23-21(25)6-3-12-27-23;/h3,6-10,12,19-20,22H,4-5,11,13-16H2,1-2H3,(H2,26,28,29);1H. The number of nitrogens with one attached hydrogen (secondary N) is 2. The predicted molar refractivity (Wildman–Crippen MR) is 137 cm³/mol. The number of pyridine rings is 1. The lowest BCUT2D eigenvalue weighted by atomic mass is 9.89. The van der Waals surface area contributed by atoms with E-state index in [2.05, 4.69) is 51.8 Å². The van der Waals surface area contributed by atoms with Crippen molar-refractivity contribution in [2.45, 2.75) is 38.3 Å². The van der Waals surface area contributed by atoms with E-state index < -0.39 is 0 Å². The van der Waals surface area contributed by atoms with E-state index in [1.54, 1.807) is 19.3 Å². The van der Waals surface area contributed by atoms with Gasteiger partial charge in [-0.1, -0.05) is 29.8 Å². The SMILES string of the molecule is CN=C(NCC1CCCOC1c1ccc(C)cc1)NC1CCN(c2ncccc2F)C1.I. The second kappa shape index (κ2) is 11.8. The molecule has 2 saturated heterocycles. The van der Waals surface area contributed by atoms with Crippen LogP contribution in [0.4, 0.5) is 10.2 Å². The van der Waals surface area contributed by atoms with E-state index in [-0.39, 0.29) is 41.9 Å². The number of hydrogen-bond donors (Lipinski definition) is 2. The molecule has 0 radical (unpaired) electrons. The van der Waals surface area contributed by atoms with Gasteiger partial charge in [0.1, 0.15) is 0 Å². The fraction of sp³-hybridized carbons (Fsp3) is 0.500. The smallest absolute Gasteiger partial charge is 0.191 e. The van der Waals surface area contributed by atoms with Gasteiger partial charge in [-0.3, -0.25) is 4.99 Å². The molecular weight excluding hydrogens is 520 g/mol. The van der Waals surface area contributed by atoms with Crippen LogP contribution < -0.4 is 15.5 Å². The Balaban J connectivity index is 0.00000289. The van der Waals surface area contributed by atoms with Crippen LogP contribution in [0.1, 0.15) is 36.5 Å². The number of ether oxygens (including phenoxy) is 1. The number of anilines is 1. The van der Waals surface area contributed by atoms with E-state index in [4.69, 9.17) is 4.74 Å². The van der Waals surface area contributed by atoms with Crippen LogP contribution in [0.3, 0.4) is 0 Å². The molecule has 6 nitrogen and oxygen atoms in total. The molecule has 3 atom stereocenters. The summed E-state index contributed by atoms with van der Waals surface area (Å²) in [6.45, 7) is 5.18. The van der Waals surface area contributed by atoms with Gasteiger partial charge in [-0.2, -0.15) is 0 Å². The van der Waals surface area contributed by atoms with Gasteiger partial charge in [-0.05, 0) is 43.9 Å². The molecule has 0 aliphatic carbocycles. The maximum atomic E-state index is 14.1. The van der Waals surface area contributed by atoms with Crippen molar-refractivity contribution in [3.8, 4) is 0 Å². The zero-order valence-corrected chi connectivity index (χ0v) is 21.1. The van der Waals surface area contributed by atoms with Crippen molar-refractivity contribution in [3.63, 3.8) is 0 Å². The Kier molecular flexibility index (Phi) is 9.10. The first-order valence-corrected chi connectivity index (χ1v) is 11.1. The minimum Gasteiger partial charge on any atom is -0.373 e. The summed E-state index contributed by atoms with van der Waals surface area (Å²) < 4.78 is 20.2. The number of guanidine groups is 1. The first kappa shape index (κ1) is 24.7. The fourth-order valence-corrected chi connectivity index (χ4v) is 4.47. The van der Waals surface area contributed by atoms with Gasteiger partial charge in [0.25, 0.3) is 0 Å². The highest BCUT2D eigenvalue weighted by Crippen LogP contribution is 2.33. The van der Waals surface area contributed by atoms with Gasteiger partial charge in [-0.25, -0.2) is 9.37 Å². The van der Waals surface area contributed by atoms with Crippen molar-refractivity contribution in [2.24, 2.45) is 10.9 Å². The summed E-state index contributed by atoms with van der Waals surface area (Å²) in [7, 11) is 1.79. The molecular formula is C24H33FIN5O. The zero-order chi connectivity index (χ0) is 21.6. The van der Waals surface area contributed by atoms with Crippen LogP contribution in [-0.2, 0) is 4.74 Å². The van der Waals surface area contributed by atoms with E-state index in [9.17, 15) is 4.39 Å².